The van der Waals surface area contributed by atoms with Crippen LogP contribution in [-0.2, 0) is 0 Å². The lowest BCUT2D eigenvalue weighted by molar-refractivity contribution is 0.306. The number of nitrogens with zero attached hydrogens (tertiary/aromatic N) is 3. The first kappa shape index (κ1) is 20.6. The minimum atomic E-state index is 0.764. The van der Waals surface area contributed by atoms with Gasteiger partial charge in [0.25, 0.3) is 0 Å². The molecule has 0 N–H and O–H groups in total. The van der Waals surface area contributed by atoms with Gasteiger partial charge in [-0.05, 0) is 48.4 Å². The van der Waals surface area contributed by atoms with Crippen LogP contribution in [0.4, 0.5) is 5.82 Å². The van der Waals surface area contributed by atoms with E-state index in [1.54, 1.807) is 0 Å². The number of para-hydroxylation sites is 1. The van der Waals surface area contributed by atoms with Gasteiger partial charge in [0.05, 0.1) is 18.0 Å². The van der Waals surface area contributed by atoms with E-state index < -0.39 is 0 Å². The number of aliphatic imine (C=N–C) groups is 1. The molecule has 4 aromatic rings. The molecule has 156 valence electrons. The zero-order chi connectivity index (χ0) is 21.3. The minimum absolute atomic E-state index is 0.764. The molecule has 0 unspecified atom stereocenters. The van der Waals surface area contributed by atoms with Gasteiger partial charge in [-0.3, -0.25) is 0 Å². The molecular formula is C27H27N3O. The zero-order valence-corrected chi connectivity index (χ0v) is 17.8. The van der Waals surface area contributed by atoms with Gasteiger partial charge in [0.15, 0.2) is 5.82 Å². The van der Waals surface area contributed by atoms with Crippen molar-refractivity contribution in [1.82, 2.24) is 9.78 Å². The molecule has 1 aromatic heterocycles. The van der Waals surface area contributed by atoms with Gasteiger partial charge >= 0.3 is 0 Å². The Labute approximate surface area is 183 Å². The number of hydrogen-bond donors (Lipinski definition) is 0. The fraction of sp³-hybridized carbons (Fsp3) is 0.185. The van der Waals surface area contributed by atoms with Crippen LogP contribution < -0.4 is 4.74 Å². The van der Waals surface area contributed by atoms with E-state index in [0.717, 1.165) is 47.1 Å². The van der Waals surface area contributed by atoms with E-state index in [1.807, 2.05) is 89.8 Å². The summed E-state index contributed by atoms with van der Waals surface area (Å²) in [7, 11) is 0. The quantitative estimate of drug-likeness (QED) is 0.224. The molecule has 0 radical (unpaired) electrons. The van der Waals surface area contributed by atoms with Crippen LogP contribution in [0.15, 0.2) is 96.0 Å². The minimum Gasteiger partial charge on any atom is -0.494 e. The third kappa shape index (κ3) is 5.48. The highest BCUT2D eigenvalue weighted by Crippen LogP contribution is 2.26. The van der Waals surface area contributed by atoms with E-state index in [9.17, 15) is 0 Å². The second kappa shape index (κ2) is 10.4. The fourth-order valence-electron chi connectivity index (χ4n) is 3.31. The number of ether oxygens (including phenoxy) is 1. The Morgan fingerprint density at radius 1 is 0.871 bits per heavy atom. The summed E-state index contributed by atoms with van der Waals surface area (Å²) in [5.74, 6) is 1.68. The molecule has 0 aliphatic rings. The second-order valence-corrected chi connectivity index (χ2v) is 7.38. The molecule has 3 aromatic carbocycles. The summed E-state index contributed by atoms with van der Waals surface area (Å²) < 4.78 is 7.68. The largest absolute Gasteiger partial charge is 0.494 e. The maximum absolute atomic E-state index is 5.80. The fourth-order valence-corrected chi connectivity index (χ4v) is 3.31. The van der Waals surface area contributed by atoms with E-state index in [-0.39, 0.29) is 0 Å². The van der Waals surface area contributed by atoms with Gasteiger partial charge < -0.3 is 4.74 Å². The third-order valence-corrected chi connectivity index (χ3v) is 5.00. The molecule has 0 aliphatic carbocycles. The van der Waals surface area contributed by atoms with Crippen molar-refractivity contribution in [2.45, 2.75) is 26.2 Å². The topological polar surface area (TPSA) is 39.4 Å². The molecule has 4 heteroatoms. The van der Waals surface area contributed by atoms with Gasteiger partial charge in [-0.2, -0.15) is 5.10 Å². The average Bonchev–Trinajstić information content (AvgIpc) is 3.27. The Hall–Kier alpha value is -3.66. The lowest BCUT2D eigenvalue weighted by atomic mass is 10.2. The van der Waals surface area contributed by atoms with Gasteiger partial charge in [-0.25, -0.2) is 9.67 Å². The van der Waals surface area contributed by atoms with Gasteiger partial charge in [0.1, 0.15) is 5.75 Å². The smallest absolute Gasteiger partial charge is 0.156 e. The Bertz CT molecular complexity index is 1100. The van der Waals surface area contributed by atoms with Gasteiger partial charge in [-0.15, -0.1) is 0 Å². The highest BCUT2D eigenvalue weighted by molar-refractivity contribution is 5.82. The number of benzene rings is 3. The maximum Gasteiger partial charge on any atom is 0.156 e. The molecule has 0 aliphatic heterocycles. The van der Waals surface area contributed by atoms with Crippen molar-refractivity contribution in [1.29, 1.82) is 0 Å². The Kier molecular flexibility index (Phi) is 6.91. The van der Waals surface area contributed by atoms with E-state index in [4.69, 9.17) is 14.8 Å². The number of unbranched alkanes of at least 4 members (excludes halogenated alkanes) is 2. The monoisotopic (exact) mass is 409 g/mol. The molecule has 0 fully saturated rings. The van der Waals surface area contributed by atoms with Crippen LogP contribution >= 0.6 is 0 Å². The maximum atomic E-state index is 5.80. The highest BCUT2D eigenvalue weighted by atomic mass is 16.5. The molecule has 1 heterocycles. The van der Waals surface area contributed by atoms with Crippen LogP contribution in [0, 0.1) is 0 Å². The van der Waals surface area contributed by atoms with E-state index >= 15 is 0 Å². The van der Waals surface area contributed by atoms with E-state index in [0.29, 0.717) is 0 Å². The molecule has 0 spiro atoms. The lowest BCUT2D eigenvalue weighted by Gasteiger charge is -2.05. The summed E-state index contributed by atoms with van der Waals surface area (Å²) >= 11 is 0. The van der Waals surface area contributed by atoms with Crippen LogP contribution in [-0.4, -0.2) is 22.6 Å². The van der Waals surface area contributed by atoms with E-state index in [2.05, 4.69) is 19.1 Å². The zero-order valence-electron chi connectivity index (χ0n) is 17.8. The van der Waals surface area contributed by atoms with Crippen molar-refractivity contribution in [3.8, 4) is 22.7 Å². The van der Waals surface area contributed by atoms with Crippen molar-refractivity contribution in [2.24, 2.45) is 4.99 Å². The summed E-state index contributed by atoms with van der Waals surface area (Å²) in [6.07, 6.45) is 5.36. The molecule has 31 heavy (non-hydrogen) atoms. The summed E-state index contributed by atoms with van der Waals surface area (Å²) in [5, 5.41) is 4.81. The first-order chi connectivity index (χ1) is 15.3. The molecule has 0 saturated heterocycles. The van der Waals surface area contributed by atoms with Crippen molar-refractivity contribution in [3.63, 3.8) is 0 Å². The Morgan fingerprint density at radius 2 is 1.58 bits per heavy atom. The highest BCUT2D eigenvalue weighted by Gasteiger charge is 2.10. The molecule has 4 rings (SSSR count). The predicted molar refractivity (Wildman–Crippen MR) is 128 cm³/mol. The summed E-state index contributed by atoms with van der Waals surface area (Å²) in [6, 6.07) is 30.3. The van der Waals surface area contributed by atoms with Crippen LogP contribution in [0.25, 0.3) is 16.9 Å². The summed E-state index contributed by atoms with van der Waals surface area (Å²) in [6.45, 7) is 2.96. The van der Waals surface area contributed by atoms with E-state index in [1.165, 1.54) is 12.8 Å². The Morgan fingerprint density at radius 3 is 2.29 bits per heavy atom. The first-order valence-corrected chi connectivity index (χ1v) is 10.8. The Balaban J connectivity index is 1.56. The predicted octanol–water partition coefficient (Wildman–Crippen LogP) is 6.86. The number of rotatable bonds is 9. The second-order valence-electron chi connectivity index (χ2n) is 7.38. The van der Waals surface area contributed by atoms with Crippen molar-refractivity contribution in [2.75, 3.05) is 6.61 Å². The van der Waals surface area contributed by atoms with Crippen LogP contribution in [0.5, 0.6) is 5.75 Å². The third-order valence-electron chi connectivity index (χ3n) is 5.00. The van der Waals surface area contributed by atoms with Crippen LogP contribution in [0.3, 0.4) is 0 Å². The summed E-state index contributed by atoms with van der Waals surface area (Å²) in [4.78, 5) is 4.75. The lowest BCUT2D eigenvalue weighted by Crippen LogP contribution is -1.97. The van der Waals surface area contributed by atoms with Crippen LogP contribution in [0.1, 0.15) is 31.7 Å². The summed E-state index contributed by atoms with van der Waals surface area (Å²) in [5.41, 5.74) is 3.96. The van der Waals surface area contributed by atoms with Gasteiger partial charge in [0, 0.05) is 17.8 Å². The SMILES string of the molecule is CCCCCOc1ccc(/C=N/c2cc(-c3ccccc3)nn2-c2ccccc2)cc1. The average molecular weight is 410 g/mol. The standard InChI is InChI=1S/C27H27N3O/c1-2-3-10-19-31-25-17-15-22(16-18-25)21-28-27-20-26(23-11-6-4-7-12-23)29-30(27)24-13-8-5-9-14-24/h4-9,11-18,20-21H,2-3,10,19H2,1H3/b28-21+. The van der Waals surface area contributed by atoms with Crippen molar-refractivity contribution < 1.29 is 4.74 Å². The first-order valence-electron chi connectivity index (χ1n) is 10.8. The molecular weight excluding hydrogens is 382 g/mol. The van der Waals surface area contributed by atoms with Gasteiger partial charge in [-0.1, -0.05) is 68.3 Å². The van der Waals surface area contributed by atoms with Gasteiger partial charge in [0.2, 0.25) is 0 Å². The molecule has 0 amide bonds. The molecule has 0 atom stereocenters. The normalized spacial score (nSPS) is 11.1. The molecule has 0 bridgehead atoms. The van der Waals surface area contributed by atoms with Crippen LogP contribution in [0.2, 0.25) is 0 Å². The number of aromatic nitrogens is 2. The van der Waals surface area contributed by atoms with Crippen molar-refractivity contribution >= 4 is 12.0 Å². The number of hydrogen-bond acceptors (Lipinski definition) is 3. The van der Waals surface area contributed by atoms with Crippen molar-refractivity contribution in [3.05, 3.63) is 96.6 Å². The molecule has 4 nitrogen and oxygen atoms in total. The molecule has 0 saturated carbocycles.